The van der Waals surface area contributed by atoms with Crippen LogP contribution < -0.4 is 16.0 Å². The second-order valence-corrected chi connectivity index (χ2v) is 4.90. The van der Waals surface area contributed by atoms with Crippen molar-refractivity contribution in [3.63, 3.8) is 0 Å². The van der Waals surface area contributed by atoms with Crippen molar-refractivity contribution in [1.29, 1.82) is 0 Å². The minimum atomic E-state index is 0.186. The predicted molar refractivity (Wildman–Crippen MR) is 80.8 cm³/mol. The Morgan fingerprint density at radius 3 is 2.50 bits per heavy atom. The van der Waals surface area contributed by atoms with Crippen molar-refractivity contribution in [2.24, 2.45) is 10.9 Å². The smallest absolute Gasteiger partial charge is 0.223 e. The number of nitrogens with one attached hydrogen (secondary N) is 3. The van der Waals surface area contributed by atoms with Crippen LogP contribution in [0, 0.1) is 5.92 Å². The highest BCUT2D eigenvalue weighted by atomic mass is 16.5. The number of amides is 1. The third-order valence-corrected chi connectivity index (χ3v) is 3.10. The van der Waals surface area contributed by atoms with Gasteiger partial charge >= 0.3 is 0 Å². The first-order chi connectivity index (χ1) is 9.77. The number of carbonyl (C=O) groups is 1. The standard InChI is InChI=1S/C14H28N4O2/c1-3-20-11-5-4-8-17-14(15-2)18-10-9-16-13(19)12-6-7-12/h12H,3-11H2,1-2H3,(H,16,19)(H2,15,17,18). The molecule has 116 valence electrons. The van der Waals surface area contributed by atoms with Gasteiger partial charge in [0.2, 0.25) is 5.91 Å². The van der Waals surface area contributed by atoms with Crippen LogP contribution in [-0.4, -0.2) is 51.8 Å². The van der Waals surface area contributed by atoms with E-state index in [9.17, 15) is 4.79 Å². The van der Waals surface area contributed by atoms with Gasteiger partial charge in [0.15, 0.2) is 5.96 Å². The van der Waals surface area contributed by atoms with E-state index in [-0.39, 0.29) is 11.8 Å². The van der Waals surface area contributed by atoms with Gasteiger partial charge in [-0.15, -0.1) is 0 Å². The summed E-state index contributed by atoms with van der Waals surface area (Å²) < 4.78 is 5.28. The summed E-state index contributed by atoms with van der Waals surface area (Å²) in [5.41, 5.74) is 0. The van der Waals surface area contributed by atoms with Crippen LogP contribution >= 0.6 is 0 Å². The molecule has 6 heteroatoms. The minimum Gasteiger partial charge on any atom is -0.382 e. The zero-order valence-corrected chi connectivity index (χ0v) is 12.7. The van der Waals surface area contributed by atoms with Crippen LogP contribution in [0.3, 0.4) is 0 Å². The summed E-state index contributed by atoms with van der Waals surface area (Å²) >= 11 is 0. The van der Waals surface area contributed by atoms with E-state index in [0.717, 1.165) is 51.4 Å². The molecular weight excluding hydrogens is 256 g/mol. The number of aliphatic imine (C=N–C) groups is 1. The topological polar surface area (TPSA) is 74.8 Å². The van der Waals surface area contributed by atoms with E-state index in [0.29, 0.717) is 13.1 Å². The molecule has 0 atom stereocenters. The summed E-state index contributed by atoms with van der Waals surface area (Å²) in [5, 5.41) is 9.33. The molecule has 0 heterocycles. The van der Waals surface area contributed by atoms with E-state index in [1.165, 1.54) is 0 Å². The minimum absolute atomic E-state index is 0.186. The number of carbonyl (C=O) groups excluding carboxylic acids is 1. The lowest BCUT2D eigenvalue weighted by Crippen LogP contribution is -2.42. The number of nitrogens with zero attached hydrogens (tertiary/aromatic N) is 1. The Morgan fingerprint density at radius 2 is 1.85 bits per heavy atom. The number of ether oxygens (including phenoxy) is 1. The quantitative estimate of drug-likeness (QED) is 0.310. The van der Waals surface area contributed by atoms with Crippen LogP contribution in [0.15, 0.2) is 4.99 Å². The van der Waals surface area contributed by atoms with Gasteiger partial charge in [-0.2, -0.15) is 0 Å². The maximum absolute atomic E-state index is 11.4. The van der Waals surface area contributed by atoms with E-state index in [1.807, 2.05) is 6.92 Å². The first kappa shape index (κ1) is 16.8. The first-order valence-corrected chi connectivity index (χ1v) is 7.58. The Bertz CT molecular complexity index is 304. The van der Waals surface area contributed by atoms with Gasteiger partial charge in [0.1, 0.15) is 0 Å². The number of guanidine groups is 1. The molecule has 0 aliphatic heterocycles. The van der Waals surface area contributed by atoms with E-state index in [1.54, 1.807) is 7.05 Å². The molecule has 1 aliphatic carbocycles. The molecule has 1 aliphatic rings. The van der Waals surface area contributed by atoms with Crippen LogP contribution in [0.2, 0.25) is 0 Å². The van der Waals surface area contributed by atoms with Gasteiger partial charge in [-0.25, -0.2) is 0 Å². The molecule has 1 fully saturated rings. The van der Waals surface area contributed by atoms with E-state index in [4.69, 9.17) is 4.74 Å². The Kier molecular flexibility index (Phi) is 8.78. The van der Waals surface area contributed by atoms with Crippen LogP contribution in [0.1, 0.15) is 32.6 Å². The molecule has 6 nitrogen and oxygen atoms in total. The summed E-state index contributed by atoms with van der Waals surface area (Å²) in [6.07, 6.45) is 4.20. The summed E-state index contributed by atoms with van der Waals surface area (Å²) in [5.74, 6) is 1.24. The van der Waals surface area contributed by atoms with Crippen LogP contribution in [-0.2, 0) is 9.53 Å². The average molecular weight is 284 g/mol. The molecule has 0 unspecified atom stereocenters. The fourth-order valence-electron chi connectivity index (χ4n) is 1.76. The van der Waals surface area contributed by atoms with E-state index < -0.39 is 0 Å². The SMILES string of the molecule is CCOCCCCNC(=NC)NCCNC(=O)C1CC1. The van der Waals surface area contributed by atoms with E-state index in [2.05, 4.69) is 20.9 Å². The Labute approximate surface area is 121 Å². The molecule has 0 bridgehead atoms. The first-order valence-electron chi connectivity index (χ1n) is 7.58. The van der Waals surface area contributed by atoms with Crippen molar-refractivity contribution in [3.05, 3.63) is 0 Å². The maximum Gasteiger partial charge on any atom is 0.223 e. The fraction of sp³-hybridized carbons (Fsp3) is 0.857. The highest BCUT2D eigenvalue weighted by Crippen LogP contribution is 2.28. The maximum atomic E-state index is 11.4. The third kappa shape index (κ3) is 7.99. The number of hydrogen-bond donors (Lipinski definition) is 3. The van der Waals surface area contributed by atoms with Crippen molar-refractivity contribution in [1.82, 2.24) is 16.0 Å². The number of unbranched alkanes of at least 4 members (excludes halogenated alkanes) is 1. The van der Waals surface area contributed by atoms with Crippen molar-refractivity contribution in [3.8, 4) is 0 Å². The van der Waals surface area contributed by atoms with Gasteiger partial charge in [-0.1, -0.05) is 0 Å². The lowest BCUT2D eigenvalue weighted by atomic mass is 10.3. The third-order valence-electron chi connectivity index (χ3n) is 3.10. The summed E-state index contributed by atoms with van der Waals surface area (Å²) in [7, 11) is 1.75. The van der Waals surface area contributed by atoms with Gasteiger partial charge in [0.25, 0.3) is 0 Å². The Hall–Kier alpha value is -1.30. The van der Waals surface area contributed by atoms with Crippen molar-refractivity contribution >= 4 is 11.9 Å². The monoisotopic (exact) mass is 284 g/mol. The fourth-order valence-corrected chi connectivity index (χ4v) is 1.76. The predicted octanol–water partition coefficient (Wildman–Crippen LogP) is 0.494. The summed E-state index contributed by atoms with van der Waals surface area (Å²) in [4.78, 5) is 15.6. The Morgan fingerprint density at radius 1 is 1.15 bits per heavy atom. The van der Waals surface area contributed by atoms with Crippen LogP contribution in [0.25, 0.3) is 0 Å². The second-order valence-electron chi connectivity index (χ2n) is 4.90. The van der Waals surface area contributed by atoms with Crippen LogP contribution in [0.4, 0.5) is 0 Å². The molecule has 3 N–H and O–H groups in total. The van der Waals surface area contributed by atoms with Gasteiger partial charge in [-0.05, 0) is 32.6 Å². The molecule has 0 radical (unpaired) electrons. The molecular formula is C14H28N4O2. The molecule has 0 saturated heterocycles. The van der Waals surface area contributed by atoms with Gasteiger partial charge in [0.05, 0.1) is 0 Å². The number of hydrogen-bond acceptors (Lipinski definition) is 3. The molecule has 20 heavy (non-hydrogen) atoms. The zero-order valence-electron chi connectivity index (χ0n) is 12.7. The van der Waals surface area contributed by atoms with Gasteiger partial charge in [0, 0.05) is 45.8 Å². The highest BCUT2D eigenvalue weighted by molar-refractivity contribution is 5.81. The molecule has 1 saturated carbocycles. The summed E-state index contributed by atoms with van der Waals surface area (Å²) in [6, 6.07) is 0. The molecule has 0 aromatic carbocycles. The van der Waals surface area contributed by atoms with Crippen LogP contribution in [0.5, 0.6) is 0 Å². The zero-order chi connectivity index (χ0) is 14.6. The largest absolute Gasteiger partial charge is 0.382 e. The van der Waals surface area contributed by atoms with E-state index >= 15 is 0 Å². The van der Waals surface area contributed by atoms with Crippen molar-refractivity contribution in [2.45, 2.75) is 32.6 Å². The summed E-state index contributed by atoms with van der Waals surface area (Å²) in [6.45, 7) is 5.81. The molecule has 0 spiro atoms. The molecule has 1 rings (SSSR count). The average Bonchev–Trinajstić information content (AvgIpc) is 3.29. The van der Waals surface area contributed by atoms with Crippen molar-refractivity contribution < 1.29 is 9.53 Å². The molecule has 0 aromatic heterocycles. The van der Waals surface area contributed by atoms with Gasteiger partial charge in [-0.3, -0.25) is 9.79 Å². The molecule has 1 amide bonds. The lowest BCUT2D eigenvalue weighted by Gasteiger charge is -2.12. The number of rotatable bonds is 10. The highest BCUT2D eigenvalue weighted by Gasteiger charge is 2.28. The lowest BCUT2D eigenvalue weighted by molar-refractivity contribution is -0.122. The second kappa shape index (κ2) is 10.5. The van der Waals surface area contributed by atoms with Crippen molar-refractivity contribution in [2.75, 3.05) is 39.9 Å². The normalized spacial score (nSPS) is 15.0. The Balaban J connectivity index is 1.94. The van der Waals surface area contributed by atoms with Gasteiger partial charge < -0.3 is 20.7 Å². The molecule has 0 aromatic rings.